The number of halogens is 1. The Hall–Kier alpha value is -0.810. The van der Waals surface area contributed by atoms with Crippen LogP contribution in [0.25, 0.3) is 6.08 Å². The molecule has 0 saturated heterocycles. The third-order valence-corrected chi connectivity index (χ3v) is 5.82. The average Bonchev–Trinajstić information content (AvgIpc) is 3.16. The van der Waals surface area contributed by atoms with Gasteiger partial charge in [0.2, 0.25) is 10.0 Å². The van der Waals surface area contributed by atoms with E-state index in [-0.39, 0.29) is 0 Å². The topological polar surface area (TPSA) is 37.4 Å². The zero-order chi connectivity index (χ0) is 16.3. The molecule has 1 aromatic rings. The number of sulfonamides is 1. The van der Waals surface area contributed by atoms with Crippen molar-refractivity contribution in [3.05, 3.63) is 35.4 Å². The first-order chi connectivity index (χ1) is 10.3. The second-order valence-corrected chi connectivity index (χ2v) is 8.61. The number of hydrogen-bond acceptors (Lipinski definition) is 2. The van der Waals surface area contributed by atoms with E-state index < -0.39 is 10.0 Å². The minimum Gasteiger partial charge on any atom is -0.270 e. The second kappa shape index (κ2) is 7.18. The summed E-state index contributed by atoms with van der Waals surface area (Å²) in [6.07, 6.45) is 7.68. The molecule has 0 radical (unpaired) electrons. The minimum atomic E-state index is -3.26. The van der Waals surface area contributed by atoms with Crippen molar-refractivity contribution >= 4 is 37.7 Å². The molecule has 0 bridgehead atoms. The molecule has 1 saturated carbocycles. The molecular formula is C17H24BrNO2S. The van der Waals surface area contributed by atoms with Crippen molar-refractivity contribution < 1.29 is 8.42 Å². The zero-order valence-corrected chi connectivity index (χ0v) is 15.8. The molecule has 2 atom stereocenters. The van der Waals surface area contributed by atoms with Crippen molar-refractivity contribution in [2.75, 3.05) is 17.1 Å². The SMILES string of the molecule is CCCN(c1cc(/C=C\C2CC2C)cc(CBr)c1)S(C)(=O)=O. The number of alkyl halides is 1. The molecule has 0 amide bonds. The predicted molar refractivity (Wildman–Crippen MR) is 97.9 cm³/mol. The van der Waals surface area contributed by atoms with Crippen LogP contribution in [0.3, 0.4) is 0 Å². The van der Waals surface area contributed by atoms with Crippen LogP contribution in [0.1, 0.15) is 37.8 Å². The van der Waals surface area contributed by atoms with Crippen LogP contribution in [0.15, 0.2) is 24.3 Å². The lowest BCUT2D eigenvalue weighted by Gasteiger charge is -2.22. The van der Waals surface area contributed by atoms with Crippen molar-refractivity contribution in [2.45, 2.75) is 32.0 Å². The number of anilines is 1. The van der Waals surface area contributed by atoms with Crippen molar-refractivity contribution in [1.29, 1.82) is 0 Å². The van der Waals surface area contributed by atoms with Crippen molar-refractivity contribution in [3.63, 3.8) is 0 Å². The van der Waals surface area contributed by atoms with Gasteiger partial charge in [0.05, 0.1) is 11.9 Å². The maximum absolute atomic E-state index is 12.0. The van der Waals surface area contributed by atoms with E-state index >= 15 is 0 Å². The van der Waals surface area contributed by atoms with Gasteiger partial charge in [0.1, 0.15) is 0 Å². The summed E-state index contributed by atoms with van der Waals surface area (Å²) in [5.74, 6) is 1.46. The highest BCUT2D eigenvalue weighted by molar-refractivity contribution is 9.08. The van der Waals surface area contributed by atoms with Crippen LogP contribution in [-0.2, 0) is 15.4 Å². The summed E-state index contributed by atoms with van der Waals surface area (Å²) in [6.45, 7) is 4.75. The highest BCUT2D eigenvalue weighted by Crippen LogP contribution is 2.39. The van der Waals surface area contributed by atoms with Crippen LogP contribution >= 0.6 is 15.9 Å². The normalized spacial score (nSPS) is 21.3. The maximum atomic E-state index is 12.0. The highest BCUT2D eigenvalue weighted by Gasteiger charge is 2.29. The molecule has 1 aliphatic rings. The summed E-state index contributed by atoms with van der Waals surface area (Å²) in [5, 5.41) is 0.714. The summed E-state index contributed by atoms with van der Waals surface area (Å²) in [5.41, 5.74) is 2.91. The third-order valence-electron chi connectivity index (χ3n) is 3.98. The number of rotatable bonds is 7. The Morgan fingerprint density at radius 3 is 2.55 bits per heavy atom. The molecule has 22 heavy (non-hydrogen) atoms. The Kier molecular flexibility index (Phi) is 5.72. The average molecular weight is 386 g/mol. The molecule has 2 rings (SSSR count). The molecule has 122 valence electrons. The van der Waals surface area contributed by atoms with E-state index in [0.29, 0.717) is 17.8 Å². The van der Waals surface area contributed by atoms with Gasteiger partial charge in [0.15, 0.2) is 0 Å². The first-order valence-corrected chi connectivity index (χ1v) is 10.7. The van der Waals surface area contributed by atoms with Gasteiger partial charge in [-0.05, 0) is 47.9 Å². The molecule has 0 aromatic heterocycles. The third kappa shape index (κ3) is 4.59. The van der Waals surface area contributed by atoms with Gasteiger partial charge >= 0.3 is 0 Å². The Balaban J connectivity index is 2.35. The highest BCUT2D eigenvalue weighted by atomic mass is 79.9. The molecule has 5 heteroatoms. The van der Waals surface area contributed by atoms with E-state index in [9.17, 15) is 8.42 Å². The van der Waals surface area contributed by atoms with Crippen LogP contribution in [-0.4, -0.2) is 21.2 Å². The van der Waals surface area contributed by atoms with Gasteiger partial charge in [-0.25, -0.2) is 8.42 Å². The molecular weight excluding hydrogens is 362 g/mol. The smallest absolute Gasteiger partial charge is 0.232 e. The van der Waals surface area contributed by atoms with Gasteiger partial charge in [-0.2, -0.15) is 0 Å². The van der Waals surface area contributed by atoms with E-state index in [1.54, 1.807) is 0 Å². The van der Waals surface area contributed by atoms with Crippen LogP contribution in [0.4, 0.5) is 5.69 Å². The van der Waals surface area contributed by atoms with E-state index in [4.69, 9.17) is 0 Å². The lowest BCUT2D eigenvalue weighted by atomic mass is 10.1. The van der Waals surface area contributed by atoms with Gasteiger partial charge in [-0.3, -0.25) is 4.31 Å². The van der Waals surface area contributed by atoms with Crippen LogP contribution in [0.5, 0.6) is 0 Å². The fraction of sp³-hybridized carbons (Fsp3) is 0.529. The van der Waals surface area contributed by atoms with E-state index in [0.717, 1.165) is 29.2 Å². The van der Waals surface area contributed by atoms with E-state index in [1.165, 1.54) is 17.0 Å². The van der Waals surface area contributed by atoms with Gasteiger partial charge in [0.25, 0.3) is 0 Å². The van der Waals surface area contributed by atoms with Gasteiger partial charge in [-0.15, -0.1) is 0 Å². The lowest BCUT2D eigenvalue weighted by Crippen LogP contribution is -2.30. The van der Waals surface area contributed by atoms with Crippen LogP contribution in [0, 0.1) is 11.8 Å². The molecule has 3 nitrogen and oxygen atoms in total. The quantitative estimate of drug-likeness (QED) is 0.651. The Morgan fingerprint density at radius 2 is 2.05 bits per heavy atom. The summed E-state index contributed by atoms with van der Waals surface area (Å²) in [7, 11) is -3.26. The van der Waals surface area contributed by atoms with Crippen LogP contribution in [0.2, 0.25) is 0 Å². The molecule has 0 spiro atoms. The summed E-state index contributed by atoms with van der Waals surface area (Å²) in [6, 6.07) is 6.02. The number of hydrogen-bond donors (Lipinski definition) is 0. The molecule has 0 N–H and O–H groups in total. The molecule has 1 fully saturated rings. The Bertz CT molecular complexity index is 655. The number of nitrogens with zero attached hydrogens (tertiary/aromatic N) is 1. The summed E-state index contributed by atoms with van der Waals surface area (Å²) >= 11 is 3.47. The molecule has 2 unspecified atom stereocenters. The second-order valence-electron chi connectivity index (χ2n) is 6.14. The number of benzene rings is 1. The fourth-order valence-corrected chi connectivity index (χ4v) is 3.89. The largest absolute Gasteiger partial charge is 0.270 e. The molecule has 1 aliphatic carbocycles. The Labute approximate surface area is 142 Å². The van der Waals surface area contributed by atoms with Gasteiger partial charge < -0.3 is 0 Å². The standard InChI is InChI=1S/C17H24BrNO2S/c1-4-7-19(22(3,20)21)17-10-14(9-15(11-17)12-18)5-6-16-8-13(16)2/h5-6,9-11,13,16H,4,7-8,12H2,1-3H3/b6-5-. The van der Waals surface area contributed by atoms with E-state index in [1.807, 2.05) is 19.1 Å². The Morgan fingerprint density at radius 1 is 1.36 bits per heavy atom. The molecule has 0 aliphatic heterocycles. The van der Waals surface area contributed by atoms with Gasteiger partial charge in [0, 0.05) is 11.9 Å². The summed E-state index contributed by atoms with van der Waals surface area (Å²) in [4.78, 5) is 0. The minimum absolute atomic E-state index is 0.507. The molecule has 1 aromatic carbocycles. The van der Waals surface area contributed by atoms with Crippen molar-refractivity contribution in [3.8, 4) is 0 Å². The molecule has 0 heterocycles. The van der Waals surface area contributed by atoms with E-state index in [2.05, 4.69) is 41.1 Å². The first-order valence-electron chi connectivity index (χ1n) is 7.71. The number of allylic oxidation sites excluding steroid dienone is 1. The van der Waals surface area contributed by atoms with Crippen molar-refractivity contribution in [1.82, 2.24) is 0 Å². The lowest BCUT2D eigenvalue weighted by molar-refractivity contribution is 0.596. The van der Waals surface area contributed by atoms with Crippen LogP contribution < -0.4 is 4.31 Å². The zero-order valence-electron chi connectivity index (χ0n) is 13.4. The van der Waals surface area contributed by atoms with Crippen molar-refractivity contribution in [2.24, 2.45) is 11.8 Å². The van der Waals surface area contributed by atoms with Gasteiger partial charge in [-0.1, -0.05) is 48.0 Å². The predicted octanol–water partition coefficient (Wildman–Crippen LogP) is 4.43. The summed E-state index contributed by atoms with van der Waals surface area (Å²) < 4.78 is 25.6. The monoisotopic (exact) mass is 385 g/mol. The fourth-order valence-electron chi connectivity index (χ4n) is 2.56. The maximum Gasteiger partial charge on any atom is 0.232 e. The first kappa shape index (κ1) is 17.5.